The smallest absolute Gasteiger partial charge is 0.497 e. The fourth-order valence-corrected chi connectivity index (χ4v) is 4.33. The highest BCUT2D eigenvalue weighted by Gasteiger charge is 2.32. The molecule has 0 spiro atoms. The van der Waals surface area contributed by atoms with Gasteiger partial charge in [0.25, 0.3) is 0 Å². The van der Waals surface area contributed by atoms with Crippen LogP contribution in [0.4, 0.5) is 13.2 Å². The second-order valence-corrected chi connectivity index (χ2v) is 8.59. The summed E-state index contributed by atoms with van der Waals surface area (Å²) in [6.07, 6.45) is -5.78. The second kappa shape index (κ2) is 11.1. The summed E-state index contributed by atoms with van der Waals surface area (Å²) in [5, 5.41) is 0.432. The van der Waals surface area contributed by atoms with Gasteiger partial charge in [-0.3, -0.25) is 4.79 Å². The predicted molar refractivity (Wildman–Crippen MR) is 138 cm³/mol. The molecule has 0 aliphatic carbocycles. The van der Waals surface area contributed by atoms with Gasteiger partial charge in [-0.1, -0.05) is 18.2 Å². The van der Waals surface area contributed by atoms with Gasteiger partial charge in [0.2, 0.25) is 0 Å². The summed E-state index contributed by atoms with van der Waals surface area (Å²) in [5.74, 6) is -0.479. The first kappa shape index (κ1) is 27.6. The highest BCUT2D eigenvalue weighted by molar-refractivity contribution is 6.18. The number of fused-ring (bicyclic) bond motifs is 1. The monoisotopic (exact) mass is 541 g/mol. The number of hydrogen-bond donors (Lipinski definition) is 0. The first-order valence-corrected chi connectivity index (χ1v) is 12.1. The van der Waals surface area contributed by atoms with E-state index in [4.69, 9.17) is 14.2 Å². The van der Waals surface area contributed by atoms with Crippen molar-refractivity contribution in [3.8, 4) is 22.9 Å². The summed E-state index contributed by atoms with van der Waals surface area (Å²) in [5.41, 5.74) is 1.96. The average Bonchev–Trinajstić information content (AvgIpc) is 3.18. The van der Waals surface area contributed by atoms with Gasteiger partial charge in [0.05, 0.1) is 24.8 Å². The number of alkyl halides is 3. The summed E-state index contributed by atoms with van der Waals surface area (Å²) in [4.78, 5) is 25.7. The number of nitrogens with zero attached hydrogens (tertiary/aromatic N) is 1. The van der Waals surface area contributed by atoms with Gasteiger partial charge in [0.1, 0.15) is 17.2 Å². The molecule has 1 atom stereocenters. The van der Waals surface area contributed by atoms with Gasteiger partial charge >= 0.3 is 12.3 Å². The average molecular weight is 542 g/mol. The van der Waals surface area contributed by atoms with Crippen LogP contribution in [0.3, 0.4) is 0 Å². The van der Waals surface area contributed by atoms with E-state index in [1.54, 1.807) is 73.9 Å². The summed E-state index contributed by atoms with van der Waals surface area (Å²) in [6, 6.07) is 17.1. The Bertz CT molecular complexity index is 1530. The SMILES string of the molecule is CCOC(=O)[C@@H](C)Oc1cccc(-n2c(C)c(C(=O)c3cccc(OC)c3)c3ccc(OC(F)(F)F)cc32)c1. The van der Waals surface area contributed by atoms with Crippen molar-refractivity contribution in [1.82, 2.24) is 4.57 Å². The van der Waals surface area contributed by atoms with Crippen LogP contribution in [0, 0.1) is 6.92 Å². The largest absolute Gasteiger partial charge is 0.573 e. The number of esters is 1. The molecule has 1 aromatic heterocycles. The molecule has 0 bridgehead atoms. The molecule has 39 heavy (non-hydrogen) atoms. The van der Waals surface area contributed by atoms with Gasteiger partial charge in [-0.05, 0) is 57.2 Å². The molecule has 0 saturated heterocycles. The van der Waals surface area contributed by atoms with Crippen molar-refractivity contribution in [3.63, 3.8) is 0 Å². The van der Waals surface area contributed by atoms with Crippen LogP contribution in [-0.4, -0.2) is 42.5 Å². The molecule has 0 radical (unpaired) electrons. The van der Waals surface area contributed by atoms with E-state index < -0.39 is 24.2 Å². The fourth-order valence-electron chi connectivity index (χ4n) is 4.33. The molecule has 0 N–H and O–H groups in total. The van der Waals surface area contributed by atoms with Crippen molar-refractivity contribution in [2.75, 3.05) is 13.7 Å². The molecule has 0 fully saturated rings. The fraction of sp³-hybridized carbons (Fsp3) is 0.241. The zero-order valence-electron chi connectivity index (χ0n) is 21.7. The van der Waals surface area contributed by atoms with Crippen molar-refractivity contribution in [1.29, 1.82) is 0 Å². The van der Waals surface area contributed by atoms with Gasteiger partial charge < -0.3 is 23.5 Å². The molecule has 0 saturated carbocycles. The number of benzene rings is 3. The third-order valence-electron chi connectivity index (χ3n) is 5.98. The van der Waals surface area contributed by atoms with Crippen LogP contribution in [0.2, 0.25) is 0 Å². The van der Waals surface area contributed by atoms with E-state index >= 15 is 0 Å². The van der Waals surface area contributed by atoms with Gasteiger partial charge in [0.15, 0.2) is 11.9 Å². The molecule has 1 heterocycles. The number of hydrogen-bond acceptors (Lipinski definition) is 6. The Morgan fingerprint density at radius 1 is 0.949 bits per heavy atom. The lowest BCUT2D eigenvalue weighted by Gasteiger charge is -2.15. The van der Waals surface area contributed by atoms with Crippen molar-refractivity contribution in [2.24, 2.45) is 0 Å². The number of rotatable bonds is 9. The van der Waals surface area contributed by atoms with E-state index in [-0.39, 0.29) is 12.4 Å². The Hall–Kier alpha value is -4.47. The van der Waals surface area contributed by atoms with E-state index in [9.17, 15) is 22.8 Å². The normalized spacial score (nSPS) is 12.2. The van der Waals surface area contributed by atoms with E-state index in [2.05, 4.69) is 4.74 Å². The molecule has 3 aromatic carbocycles. The number of ketones is 1. The lowest BCUT2D eigenvalue weighted by atomic mass is 10.00. The summed E-state index contributed by atoms with van der Waals surface area (Å²) < 4.78 is 60.8. The Morgan fingerprint density at radius 2 is 1.67 bits per heavy atom. The van der Waals surface area contributed by atoms with E-state index in [1.165, 1.54) is 25.3 Å². The summed E-state index contributed by atoms with van der Waals surface area (Å²) in [7, 11) is 1.49. The highest BCUT2D eigenvalue weighted by Crippen LogP contribution is 2.36. The Balaban J connectivity index is 1.87. The molecular formula is C29H26F3NO6. The van der Waals surface area contributed by atoms with Gasteiger partial charge in [-0.15, -0.1) is 13.2 Å². The zero-order chi connectivity index (χ0) is 28.3. The maximum Gasteiger partial charge on any atom is 0.573 e. The van der Waals surface area contributed by atoms with Crippen molar-refractivity contribution >= 4 is 22.7 Å². The lowest BCUT2D eigenvalue weighted by molar-refractivity contribution is -0.274. The van der Waals surface area contributed by atoms with E-state index in [0.717, 1.165) is 0 Å². The molecule has 0 amide bonds. The van der Waals surface area contributed by atoms with Crippen LogP contribution in [0.1, 0.15) is 35.5 Å². The Morgan fingerprint density at radius 3 is 2.36 bits per heavy atom. The number of aromatic nitrogens is 1. The lowest BCUT2D eigenvalue weighted by Crippen LogP contribution is -2.26. The third kappa shape index (κ3) is 6.00. The predicted octanol–water partition coefficient (Wildman–Crippen LogP) is 6.41. The second-order valence-electron chi connectivity index (χ2n) is 8.59. The number of carbonyl (C=O) groups is 2. The first-order chi connectivity index (χ1) is 18.5. The summed E-state index contributed by atoms with van der Waals surface area (Å²) in [6.45, 7) is 5.14. The number of ether oxygens (including phenoxy) is 4. The number of methoxy groups -OCH3 is 1. The van der Waals surface area contributed by atoms with Crippen LogP contribution < -0.4 is 14.2 Å². The Kier molecular flexibility index (Phi) is 7.85. The van der Waals surface area contributed by atoms with Gasteiger partial charge in [-0.2, -0.15) is 0 Å². The Labute approximate surface area is 222 Å². The third-order valence-corrected chi connectivity index (χ3v) is 5.98. The first-order valence-electron chi connectivity index (χ1n) is 12.1. The zero-order valence-corrected chi connectivity index (χ0v) is 21.7. The van der Waals surface area contributed by atoms with Gasteiger partial charge in [-0.25, -0.2) is 4.79 Å². The van der Waals surface area contributed by atoms with Crippen LogP contribution in [0.25, 0.3) is 16.6 Å². The van der Waals surface area contributed by atoms with Crippen LogP contribution in [0.15, 0.2) is 66.7 Å². The summed E-state index contributed by atoms with van der Waals surface area (Å²) >= 11 is 0. The quantitative estimate of drug-likeness (QED) is 0.180. The molecule has 0 unspecified atom stereocenters. The molecule has 10 heteroatoms. The molecule has 0 aliphatic rings. The molecule has 7 nitrogen and oxygen atoms in total. The molecule has 204 valence electrons. The molecule has 4 aromatic rings. The standard InChI is InChI=1S/C29H26F3NO6/c1-5-37-28(35)18(3)38-22-11-7-9-20(15-22)33-17(2)26(27(34)19-8-6-10-21(14-19)36-4)24-13-12-23(16-25(24)33)39-29(30,31)32/h6-16,18H,5H2,1-4H3/t18-/m1/s1. The van der Waals surface area contributed by atoms with Crippen LogP contribution >= 0.6 is 0 Å². The van der Waals surface area contributed by atoms with Crippen LogP contribution in [-0.2, 0) is 9.53 Å². The topological polar surface area (TPSA) is 76.0 Å². The maximum absolute atomic E-state index is 13.7. The van der Waals surface area contributed by atoms with Crippen molar-refractivity contribution < 1.29 is 41.7 Å². The molecule has 4 rings (SSSR count). The minimum absolute atomic E-state index is 0.202. The molecule has 0 aliphatic heterocycles. The number of carbonyl (C=O) groups excluding carboxylic acids is 2. The van der Waals surface area contributed by atoms with E-state index in [1.807, 2.05) is 0 Å². The van der Waals surface area contributed by atoms with Crippen molar-refractivity contribution in [3.05, 3.63) is 83.6 Å². The molecular weight excluding hydrogens is 515 g/mol. The minimum atomic E-state index is -4.89. The van der Waals surface area contributed by atoms with Crippen molar-refractivity contribution in [2.45, 2.75) is 33.2 Å². The minimum Gasteiger partial charge on any atom is -0.497 e. The number of halogens is 3. The highest BCUT2D eigenvalue weighted by atomic mass is 19.4. The van der Waals surface area contributed by atoms with Crippen LogP contribution in [0.5, 0.6) is 17.2 Å². The van der Waals surface area contributed by atoms with E-state index in [0.29, 0.717) is 44.9 Å². The van der Waals surface area contributed by atoms with Gasteiger partial charge in [0, 0.05) is 34.5 Å². The maximum atomic E-state index is 13.7.